The third-order valence-corrected chi connectivity index (χ3v) is 2.78. The predicted octanol–water partition coefficient (Wildman–Crippen LogP) is 2.63. The van der Waals surface area contributed by atoms with E-state index >= 15 is 0 Å². The highest BCUT2D eigenvalue weighted by Crippen LogP contribution is 2.29. The van der Waals surface area contributed by atoms with E-state index in [2.05, 4.69) is 38.0 Å². The molecule has 0 aromatic heterocycles. The van der Waals surface area contributed by atoms with Crippen molar-refractivity contribution in [1.29, 1.82) is 0 Å². The summed E-state index contributed by atoms with van der Waals surface area (Å²) in [7, 11) is 1.24. The van der Waals surface area contributed by atoms with E-state index in [0.717, 1.165) is 6.42 Å². The van der Waals surface area contributed by atoms with Gasteiger partial charge in [0.05, 0.1) is 0 Å². The van der Waals surface area contributed by atoms with Crippen molar-refractivity contribution >= 4 is 12.9 Å². The van der Waals surface area contributed by atoms with Crippen LogP contribution in [0.5, 0.6) is 0 Å². The fourth-order valence-electron chi connectivity index (χ4n) is 2.17. The molecule has 0 aliphatic heterocycles. The Hall–Kier alpha value is -0.975. The molecule has 0 spiro atoms. The van der Waals surface area contributed by atoms with Gasteiger partial charge in [0.1, 0.15) is 7.28 Å². The molecule has 0 nitrogen and oxygen atoms in total. The summed E-state index contributed by atoms with van der Waals surface area (Å²) in [5, 5.41) is 0. The summed E-state index contributed by atoms with van der Waals surface area (Å²) in [6, 6.07) is 6.71. The first-order valence-corrected chi connectivity index (χ1v) is 5.11. The van der Waals surface area contributed by atoms with Gasteiger partial charge in [-0.25, -0.2) is 0 Å². The van der Waals surface area contributed by atoms with Crippen molar-refractivity contribution in [2.75, 3.05) is 0 Å². The minimum atomic E-state index is 1.14. The molecular formula is C12H15B. The maximum atomic E-state index is 2.34. The van der Waals surface area contributed by atoms with Gasteiger partial charge < -0.3 is 0 Å². The van der Waals surface area contributed by atoms with Gasteiger partial charge in [0, 0.05) is 0 Å². The molecule has 0 atom stereocenters. The summed E-state index contributed by atoms with van der Waals surface area (Å²) in [4.78, 5) is 0. The van der Waals surface area contributed by atoms with Gasteiger partial charge in [-0.15, -0.1) is 0 Å². The molecule has 0 N–H and O–H groups in total. The molecule has 0 saturated carbocycles. The third kappa shape index (κ3) is 1.43. The second kappa shape index (κ2) is 3.41. The molecule has 0 heterocycles. The fraction of sp³-hybridized carbons (Fsp3) is 0.333. The minimum absolute atomic E-state index is 1.14. The van der Waals surface area contributed by atoms with E-state index in [1.54, 1.807) is 0 Å². The van der Waals surface area contributed by atoms with Crippen LogP contribution in [-0.2, 0) is 12.7 Å². The average molecular weight is 170 g/mol. The summed E-state index contributed by atoms with van der Waals surface area (Å²) in [5.74, 6) is 0. The van der Waals surface area contributed by atoms with Crippen molar-refractivity contribution in [1.82, 2.24) is 0 Å². The number of allylic oxidation sites excluding steroid dienone is 2. The summed E-state index contributed by atoms with van der Waals surface area (Å²) < 4.78 is 0. The lowest BCUT2D eigenvalue weighted by molar-refractivity contribution is 1.26. The maximum absolute atomic E-state index is 2.34. The summed E-state index contributed by atoms with van der Waals surface area (Å²) in [6.07, 6.45) is 4.69. The number of fused-ring (bicyclic) bond motifs is 1. The number of hydrogen-bond acceptors (Lipinski definition) is 0. The van der Waals surface area contributed by atoms with Crippen molar-refractivity contribution in [2.24, 2.45) is 0 Å². The molecule has 13 heavy (non-hydrogen) atoms. The predicted molar refractivity (Wildman–Crippen MR) is 60.5 cm³/mol. The SMILES string of the molecule is CBCc1cccc2c1C(C)=CC2. The molecule has 0 bridgehead atoms. The zero-order chi connectivity index (χ0) is 9.26. The molecule has 2 rings (SSSR count). The molecule has 0 radical (unpaired) electrons. The molecule has 1 aliphatic carbocycles. The molecular weight excluding hydrogens is 155 g/mol. The topological polar surface area (TPSA) is 0 Å². The minimum Gasteiger partial charge on any atom is -0.0891 e. The Morgan fingerprint density at radius 1 is 1.38 bits per heavy atom. The van der Waals surface area contributed by atoms with Crippen molar-refractivity contribution in [3.8, 4) is 0 Å². The van der Waals surface area contributed by atoms with Gasteiger partial charge in [-0.1, -0.05) is 37.4 Å². The van der Waals surface area contributed by atoms with E-state index in [1.165, 1.54) is 35.9 Å². The van der Waals surface area contributed by atoms with Gasteiger partial charge in [-0.3, -0.25) is 0 Å². The van der Waals surface area contributed by atoms with E-state index in [-0.39, 0.29) is 0 Å². The zero-order valence-corrected chi connectivity index (χ0v) is 8.43. The van der Waals surface area contributed by atoms with E-state index in [4.69, 9.17) is 0 Å². The largest absolute Gasteiger partial charge is 0.122 e. The average Bonchev–Trinajstić information content (AvgIpc) is 2.50. The van der Waals surface area contributed by atoms with Gasteiger partial charge in [0.25, 0.3) is 0 Å². The molecule has 0 unspecified atom stereocenters. The lowest BCUT2D eigenvalue weighted by Gasteiger charge is -2.08. The van der Waals surface area contributed by atoms with Gasteiger partial charge in [-0.05, 0) is 35.6 Å². The summed E-state index contributed by atoms with van der Waals surface area (Å²) in [6.45, 7) is 4.47. The Labute approximate surface area is 80.9 Å². The Morgan fingerprint density at radius 2 is 2.23 bits per heavy atom. The molecule has 1 aromatic carbocycles. The maximum Gasteiger partial charge on any atom is 0.122 e. The van der Waals surface area contributed by atoms with Crippen LogP contribution >= 0.6 is 0 Å². The van der Waals surface area contributed by atoms with Crippen molar-refractivity contribution in [2.45, 2.75) is 26.5 Å². The number of benzene rings is 1. The quantitative estimate of drug-likeness (QED) is 0.598. The van der Waals surface area contributed by atoms with Crippen LogP contribution in [-0.4, -0.2) is 7.28 Å². The van der Waals surface area contributed by atoms with Crippen molar-refractivity contribution in [3.05, 3.63) is 41.0 Å². The molecule has 0 fully saturated rings. The van der Waals surface area contributed by atoms with Crippen LogP contribution in [0.15, 0.2) is 24.3 Å². The van der Waals surface area contributed by atoms with Crippen molar-refractivity contribution in [3.63, 3.8) is 0 Å². The molecule has 1 aromatic rings. The molecule has 66 valence electrons. The second-order valence-corrected chi connectivity index (χ2v) is 3.79. The van der Waals surface area contributed by atoms with Gasteiger partial charge in [-0.2, -0.15) is 0 Å². The lowest BCUT2D eigenvalue weighted by Crippen LogP contribution is -1.97. The Kier molecular flexibility index (Phi) is 2.26. The second-order valence-electron chi connectivity index (χ2n) is 3.79. The summed E-state index contributed by atoms with van der Waals surface area (Å²) >= 11 is 0. The third-order valence-electron chi connectivity index (χ3n) is 2.78. The van der Waals surface area contributed by atoms with Crippen LogP contribution in [0.25, 0.3) is 5.57 Å². The van der Waals surface area contributed by atoms with Gasteiger partial charge in [0.15, 0.2) is 0 Å². The standard InChI is InChI=1S/C12H15B/c1-9-6-7-10-4-3-5-11(8-13-2)12(9)10/h3-6,13H,7-8H2,1-2H3. The van der Waals surface area contributed by atoms with E-state index in [9.17, 15) is 0 Å². The van der Waals surface area contributed by atoms with E-state index < -0.39 is 0 Å². The number of hydrogen-bond donors (Lipinski definition) is 0. The first-order chi connectivity index (χ1) is 6.33. The first kappa shape index (κ1) is 8.62. The monoisotopic (exact) mass is 170 g/mol. The van der Waals surface area contributed by atoms with E-state index in [1.807, 2.05) is 0 Å². The van der Waals surface area contributed by atoms with Crippen LogP contribution in [0.2, 0.25) is 6.82 Å². The molecule has 1 heteroatoms. The normalized spacial score (nSPS) is 13.8. The Morgan fingerprint density at radius 3 is 3.00 bits per heavy atom. The first-order valence-electron chi connectivity index (χ1n) is 5.11. The molecule has 0 saturated heterocycles. The highest BCUT2D eigenvalue weighted by atomic mass is 14.2. The molecule has 1 aliphatic rings. The zero-order valence-electron chi connectivity index (χ0n) is 8.43. The smallest absolute Gasteiger partial charge is 0.0891 e. The van der Waals surface area contributed by atoms with Gasteiger partial charge in [0.2, 0.25) is 0 Å². The van der Waals surface area contributed by atoms with Crippen LogP contribution in [0.1, 0.15) is 23.6 Å². The van der Waals surface area contributed by atoms with Gasteiger partial charge >= 0.3 is 0 Å². The van der Waals surface area contributed by atoms with E-state index in [0.29, 0.717) is 0 Å². The molecule has 0 amide bonds. The lowest BCUT2D eigenvalue weighted by atomic mass is 9.73. The number of rotatable bonds is 2. The van der Waals surface area contributed by atoms with Crippen LogP contribution in [0.4, 0.5) is 0 Å². The Balaban J connectivity index is 2.47. The fourth-order valence-corrected chi connectivity index (χ4v) is 2.17. The van der Waals surface area contributed by atoms with Crippen LogP contribution in [0, 0.1) is 0 Å². The highest BCUT2D eigenvalue weighted by molar-refractivity contribution is 6.33. The van der Waals surface area contributed by atoms with Crippen molar-refractivity contribution < 1.29 is 0 Å². The summed E-state index contributed by atoms with van der Waals surface area (Å²) in [5.41, 5.74) is 6.05. The Bertz CT molecular complexity index is 350. The van der Waals surface area contributed by atoms with Crippen LogP contribution in [0.3, 0.4) is 0 Å². The van der Waals surface area contributed by atoms with Crippen LogP contribution < -0.4 is 0 Å². The highest BCUT2D eigenvalue weighted by Gasteiger charge is 2.13.